The van der Waals surface area contributed by atoms with Gasteiger partial charge in [0.25, 0.3) is 0 Å². The van der Waals surface area contributed by atoms with Gasteiger partial charge in [0.05, 0.1) is 0 Å². The molecule has 0 heterocycles. The van der Waals surface area contributed by atoms with Crippen LogP contribution in [0.15, 0.2) is 12.2 Å². The Bertz CT molecular complexity index is 155. The Morgan fingerprint density at radius 2 is 1.71 bits per heavy atom. The van der Waals surface area contributed by atoms with E-state index in [2.05, 4.69) is 18.8 Å². The van der Waals surface area contributed by atoms with Crippen molar-refractivity contribution in [3.05, 3.63) is 12.2 Å². The lowest BCUT2D eigenvalue weighted by atomic mass is 9.96. The van der Waals surface area contributed by atoms with Crippen LogP contribution in [0, 0.1) is 0 Å². The molecule has 0 unspecified atom stereocenters. The lowest BCUT2D eigenvalue weighted by Crippen LogP contribution is -2.30. The Labute approximate surface area is 89.0 Å². The molecule has 0 aromatic carbocycles. The summed E-state index contributed by atoms with van der Waals surface area (Å²) in [5, 5.41) is 3.66. The SMILES string of the molecule is C=C(C)CCNC1CCCCCCC1. The third-order valence-electron chi connectivity index (χ3n) is 3.09. The van der Waals surface area contributed by atoms with Crippen molar-refractivity contribution >= 4 is 0 Å². The van der Waals surface area contributed by atoms with Crippen molar-refractivity contribution < 1.29 is 0 Å². The molecule has 0 aliphatic heterocycles. The maximum atomic E-state index is 3.93. The third-order valence-corrected chi connectivity index (χ3v) is 3.09. The zero-order valence-corrected chi connectivity index (χ0v) is 9.65. The molecule has 1 nitrogen and oxygen atoms in total. The minimum Gasteiger partial charge on any atom is -0.314 e. The van der Waals surface area contributed by atoms with Crippen LogP contribution in [0.4, 0.5) is 0 Å². The van der Waals surface area contributed by atoms with Gasteiger partial charge in [-0.3, -0.25) is 0 Å². The summed E-state index contributed by atoms with van der Waals surface area (Å²) in [7, 11) is 0. The Morgan fingerprint density at radius 3 is 2.29 bits per heavy atom. The first-order valence-corrected chi connectivity index (χ1v) is 6.17. The fourth-order valence-electron chi connectivity index (χ4n) is 2.15. The number of hydrogen-bond acceptors (Lipinski definition) is 1. The van der Waals surface area contributed by atoms with Crippen LogP contribution in [0.1, 0.15) is 58.3 Å². The first-order chi connectivity index (χ1) is 6.79. The standard InChI is InChI=1S/C13H25N/c1-12(2)10-11-14-13-8-6-4-3-5-7-9-13/h13-14H,1,3-11H2,2H3. The van der Waals surface area contributed by atoms with Crippen LogP contribution in [0.25, 0.3) is 0 Å². The van der Waals surface area contributed by atoms with Gasteiger partial charge in [0.15, 0.2) is 0 Å². The molecule has 0 saturated heterocycles. The van der Waals surface area contributed by atoms with Gasteiger partial charge in [0, 0.05) is 6.04 Å². The van der Waals surface area contributed by atoms with Gasteiger partial charge in [-0.25, -0.2) is 0 Å². The van der Waals surface area contributed by atoms with Crippen molar-refractivity contribution in [2.45, 2.75) is 64.3 Å². The van der Waals surface area contributed by atoms with Gasteiger partial charge < -0.3 is 5.32 Å². The number of hydrogen-bond donors (Lipinski definition) is 1. The maximum Gasteiger partial charge on any atom is 0.00671 e. The summed E-state index contributed by atoms with van der Waals surface area (Å²) >= 11 is 0. The summed E-state index contributed by atoms with van der Waals surface area (Å²) in [4.78, 5) is 0. The molecule has 1 aliphatic carbocycles. The molecule has 1 saturated carbocycles. The summed E-state index contributed by atoms with van der Waals surface area (Å²) in [6.45, 7) is 7.17. The normalized spacial score (nSPS) is 20.1. The minimum absolute atomic E-state index is 0.787. The molecule has 1 fully saturated rings. The van der Waals surface area contributed by atoms with Crippen molar-refractivity contribution in [1.29, 1.82) is 0 Å². The zero-order chi connectivity index (χ0) is 10.2. The average molecular weight is 195 g/mol. The van der Waals surface area contributed by atoms with E-state index in [9.17, 15) is 0 Å². The van der Waals surface area contributed by atoms with Crippen LogP contribution in [-0.4, -0.2) is 12.6 Å². The number of rotatable bonds is 4. The maximum absolute atomic E-state index is 3.93. The predicted molar refractivity (Wildman–Crippen MR) is 63.5 cm³/mol. The smallest absolute Gasteiger partial charge is 0.00671 e. The van der Waals surface area contributed by atoms with Crippen LogP contribution in [0.2, 0.25) is 0 Å². The molecular weight excluding hydrogens is 170 g/mol. The van der Waals surface area contributed by atoms with Gasteiger partial charge in [-0.05, 0) is 32.7 Å². The Hall–Kier alpha value is -0.300. The van der Waals surface area contributed by atoms with E-state index in [-0.39, 0.29) is 0 Å². The van der Waals surface area contributed by atoms with E-state index in [0.29, 0.717) is 0 Å². The van der Waals surface area contributed by atoms with Crippen LogP contribution in [-0.2, 0) is 0 Å². The van der Waals surface area contributed by atoms with Gasteiger partial charge in [-0.1, -0.05) is 37.7 Å². The highest BCUT2D eigenvalue weighted by Crippen LogP contribution is 2.17. The van der Waals surface area contributed by atoms with Gasteiger partial charge in [0.2, 0.25) is 0 Å². The molecule has 1 heteroatoms. The largest absolute Gasteiger partial charge is 0.314 e. The highest BCUT2D eigenvalue weighted by molar-refractivity contribution is 4.88. The topological polar surface area (TPSA) is 12.0 Å². The molecular formula is C13H25N. The van der Waals surface area contributed by atoms with E-state index in [4.69, 9.17) is 0 Å². The molecule has 0 radical (unpaired) electrons. The minimum atomic E-state index is 0.787. The first-order valence-electron chi connectivity index (χ1n) is 6.17. The van der Waals surface area contributed by atoms with Gasteiger partial charge in [0.1, 0.15) is 0 Å². The molecule has 0 atom stereocenters. The number of nitrogens with one attached hydrogen (secondary N) is 1. The van der Waals surface area contributed by atoms with E-state index >= 15 is 0 Å². The second-order valence-electron chi connectivity index (χ2n) is 4.70. The molecule has 0 aromatic heterocycles. The highest BCUT2D eigenvalue weighted by Gasteiger charge is 2.09. The van der Waals surface area contributed by atoms with Crippen molar-refractivity contribution in [3.63, 3.8) is 0 Å². The van der Waals surface area contributed by atoms with Gasteiger partial charge in [-0.15, -0.1) is 6.58 Å². The summed E-state index contributed by atoms with van der Waals surface area (Å²) in [6, 6.07) is 0.787. The molecule has 0 aromatic rings. The Kier molecular flexibility index (Phi) is 5.93. The molecule has 82 valence electrons. The fourth-order valence-corrected chi connectivity index (χ4v) is 2.15. The van der Waals surface area contributed by atoms with E-state index in [1.54, 1.807) is 0 Å². The van der Waals surface area contributed by atoms with Crippen molar-refractivity contribution in [2.75, 3.05) is 6.54 Å². The van der Waals surface area contributed by atoms with E-state index in [1.165, 1.54) is 50.5 Å². The van der Waals surface area contributed by atoms with Gasteiger partial charge in [-0.2, -0.15) is 0 Å². The van der Waals surface area contributed by atoms with E-state index in [1.807, 2.05) is 0 Å². The molecule has 0 amide bonds. The molecule has 1 aliphatic rings. The van der Waals surface area contributed by atoms with Crippen molar-refractivity contribution in [1.82, 2.24) is 5.32 Å². The summed E-state index contributed by atoms with van der Waals surface area (Å²) in [6.07, 6.45) is 11.1. The highest BCUT2D eigenvalue weighted by atomic mass is 14.9. The predicted octanol–water partition coefficient (Wildman–Crippen LogP) is 3.66. The summed E-state index contributed by atoms with van der Waals surface area (Å²) in [5.74, 6) is 0. The Morgan fingerprint density at radius 1 is 1.14 bits per heavy atom. The third kappa shape index (κ3) is 5.43. The molecule has 0 spiro atoms. The quantitative estimate of drug-likeness (QED) is 0.675. The lowest BCUT2D eigenvalue weighted by Gasteiger charge is -2.21. The monoisotopic (exact) mass is 195 g/mol. The van der Waals surface area contributed by atoms with Crippen molar-refractivity contribution in [2.24, 2.45) is 0 Å². The summed E-state index contributed by atoms with van der Waals surface area (Å²) in [5.41, 5.74) is 1.29. The lowest BCUT2D eigenvalue weighted by molar-refractivity contribution is 0.392. The molecule has 0 bridgehead atoms. The van der Waals surface area contributed by atoms with Crippen LogP contribution in [0.5, 0.6) is 0 Å². The Balaban J connectivity index is 2.10. The zero-order valence-electron chi connectivity index (χ0n) is 9.65. The van der Waals surface area contributed by atoms with Crippen LogP contribution in [0.3, 0.4) is 0 Å². The van der Waals surface area contributed by atoms with E-state index in [0.717, 1.165) is 19.0 Å². The van der Waals surface area contributed by atoms with Gasteiger partial charge >= 0.3 is 0 Å². The first kappa shape index (κ1) is 11.8. The molecule has 1 rings (SSSR count). The van der Waals surface area contributed by atoms with Crippen LogP contribution < -0.4 is 5.32 Å². The summed E-state index contributed by atoms with van der Waals surface area (Å²) < 4.78 is 0. The molecule has 14 heavy (non-hydrogen) atoms. The fraction of sp³-hybridized carbons (Fsp3) is 0.846. The second-order valence-corrected chi connectivity index (χ2v) is 4.70. The van der Waals surface area contributed by atoms with Crippen molar-refractivity contribution in [3.8, 4) is 0 Å². The van der Waals surface area contributed by atoms with E-state index < -0.39 is 0 Å². The van der Waals surface area contributed by atoms with Crippen LogP contribution >= 0.6 is 0 Å². The molecule has 1 N–H and O–H groups in total. The average Bonchev–Trinajstić information content (AvgIpc) is 2.07. The second kappa shape index (κ2) is 7.05.